The fourth-order valence-corrected chi connectivity index (χ4v) is 8.97. The van der Waals surface area contributed by atoms with Gasteiger partial charge in [-0.2, -0.15) is 44.6 Å². The molecule has 0 aromatic carbocycles. The van der Waals surface area contributed by atoms with Gasteiger partial charge in [0.2, 0.25) is 0 Å². The van der Waals surface area contributed by atoms with Gasteiger partial charge in [-0.1, -0.05) is 27.7 Å². The number of nitriles is 4. The first kappa shape index (κ1) is 39.0. The van der Waals surface area contributed by atoms with Crippen LogP contribution in [-0.2, 0) is 19.1 Å². The zero-order chi connectivity index (χ0) is 36.3. The lowest BCUT2D eigenvalue weighted by molar-refractivity contribution is -0.138. The highest BCUT2D eigenvalue weighted by atomic mass is 32.2. The number of thioether (sulfide) groups is 2. The summed E-state index contributed by atoms with van der Waals surface area (Å²) >= 11 is 3.23. The summed E-state index contributed by atoms with van der Waals surface area (Å²) in [7, 11) is 0. The Bertz CT molecular complexity index is 1500. The molecule has 2 aliphatic carbocycles. The maximum Gasteiger partial charge on any atom is 0.349 e. The Morgan fingerprint density at radius 1 is 0.620 bits per heavy atom. The lowest BCUT2D eigenvalue weighted by atomic mass is 9.72. The molecule has 2 aliphatic heterocycles. The number of likely N-dealkylation sites (tertiary alicyclic amines) is 2. The molecule has 2 saturated heterocycles. The molecular formula is C38H48N6O4S2. The van der Waals surface area contributed by atoms with Gasteiger partial charge in [0.15, 0.2) is 0 Å². The SMILES string of the molecule is CC1(C)CC(N2CCCC2)=C(C#N)/C(=C(\C#N)C(=O)OCCSCCSCCOC(=O)/C(C#N)=C2\CC(C)(C)CC(N3CCCC3)=C2C#N)C1. The summed E-state index contributed by atoms with van der Waals surface area (Å²) in [6.07, 6.45) is 6.70. The average Bonchev–Trinajstić information content (AvgIpc) is 3.81. The summed E-state index contributed by atoms with van der Waals surface area (Å²) in [5, 5.41) is 40.0. The number of hydrogen-bond donors (Lipinski definition) is 0. The Hall–Kier alpha value is -3.84. The molecule has 50 heavy (non-hydrogen) atoms. The minimum atomic E-state index is -0.682. The molecule has 0 aromatic heterocycles. The molecule has 0 saturated carbocycles. The Labute approximate surface area is 305 Å². The molecule has 4 aliphatic rings. The van der Waals surface area contributed by atoms with Gasteiger partial charge < -0.3 is 19.3 Å². The number of ether oxygens (including phenoxy) is 2. The van der Waals surface area contributed by atoms with Gasteiger partial charge >= 0.3 is 11.9 Å². The molecule has 0 N–H and O–H groups in total. The van der Waals surface area contributed by atoms with Crippen LogP contribution in [0.15, 0.2) is 44.8 Å². The van der Waals surface area contributed by atoms with Gasteiger partial charge in [-0.25, -0.2) is 9.59 Å². The van der Waals surface area contributed by atoms with E-state index in [1.54, 1.807) is 23.5 Å². The van der Waals surface area contributed by atoms with Crippen LogP contribution in [0.2, 0.25) is 0 Å². The third kappa shape index (κ3) is 9.90. The van der Waals surface area contributed by atoms with E-state index in [4.69, 9.17) is 9.47 Å². The fourth-order valence-electron chi connectivity index (χ4n) is 7.22. The average molecular weight is 717 g/mol. The normalized spacial score (nSPS) is 21.9. The molecule has 0 atom stereocenters. The lowest BCUT2D eigenvalue weighted by Crippen LogP contribution is -2.30. The van der Waals surface area contributed by atoms with Gasteiger partial charge in [0.05, 0.1) is 11.1 Å². The molecule has 0 unspecified atom stereocenters. The van der Waals surface area contributed by atoms with E-state index in [1.165, 1.54) is 0 Å². The molecule has 2 fully saturated rings. The molecule has 0 spiro atoms. The summed E-state index contributed by atoms with van der Waals surface area (Å²) in [4.78, 5) is 30.5. The zero-order valence-electron chi connectivity index (χ0n) is 29.9. The summed E-state index contributed by atoms with van der Waals surface area (Å²) in [6, 6.07) is 8.68. The van der Waals surface area contributed by atoms with E-state index in [-0.39, 0.29) is 35.2 Å². The highest BCUT2D eigenvalue weighted by Gasteiger charge is 2.38. The predicted molar refractivity (Wildman–Crippen MR) is 195 cm³/mol. The van der Waals surface area contributed by atoms with Crippen LogP contribution in [0.1, 0.15) is 79.1 Å². The minimum absolute atomic E-state index is 0.0737. The van der Waals surface area contributed by atoms with Crippen LogP contribution in [0, 0.1) is 56.2 Å². The van der Waals surface area contributed by atoms with Crippen molar-refractivity contribution in [3.05, 3.63) is 44.8 Å². The van der Waals surface area contributed by atoms with E-state index < -0.39 is 11.9 Å². The number of allylic oxidation sites excluding steroid dienone is 6. The van der Waals surface area contributed by atoms with Crippen LogP contribution in [0.4, 0.5) is 0 Å². The van der Waals surface area contributed by atoms with Crippen LogP contribution in [0.5, 0.6) is 0 Å². The second-order valence-electron chi connectivity index (χ2n) is 14.7. The smallest absolute Gasteiger partial charge is 0.349 e. The Morgan fingerprint density at radius 2 is 0.980 bits per heavy atom. The van der Waals surface area contributed by atoms with Crippen LogP contribution in [0.25, 0.3) is 0 Å². The van der Waals surface area contributed by atoms with Crippen LogP contribution >= 0.6 is 23.5 Å². The van der Waals surface area contributed by atoms with Crippen LogP contribution < -0.4 is 0 Å². The second kappa shape index (κ2) is 17.9. The van der Waals surface area contributed by atoms with Crippen molar-refractivity contribution in [3.63, 3.8) is 0 Å². The third-order valence-corrected chi connectivity index (χ3v) is 11.7. The summed E-state index contributed by atoms with van der Waals surface area (Å²) in [5.74, 6) is 1.33. The van der Waals surface area contributed by atoms with Gasteiger partial charge in [-0.3, -0.25) is 0 Å². The third-order valence-electron chi connectivity index (χ3n) is 9.51. The molecule has 266 valence electrons. The molecule has 10 nitrogen and oxygen atoms in total. The van der Waals surface area contributed by atoms with E-state index in [0.717, 1.165) is 87.6 Å². The number of nitrogens with zero attached hydrogens (tertiary/aromatic N) is 6. The largest absolute Gasteiger partial charge is 0.461 e. The maximum atomic E-state index is 13.0. The number of carbonyl (C=O) groups excluding carboxylic acids is 2. The standard InChI is InChI=1S/C38H48N6O4S2/c1-37(2)19-27(29(23-39)33(21-37)43-9-5-6-10-43)31(25-41)35(45)47-13-15-49-17-18-50-16-14-48-36(46)32(26-42)28-20-38(3,4)22-34(30(28)24-40)44-11-7-8-12-44/h5-22H2,1-4H3/b31-27+,32-28+. The monoisotopic (exact) mass is 716 g/mol. The molecule has 0 amide bonds. The lowest BCUT2D eigenvalue weighted by Gasteiger charge is -2.37. The van der Waals surface area contributed by atoms with Crippen molar-refractivity contribution in [3.8, 4) is 24.3 Å². The molecule has 12 heteroatoms. The molecule has 0 radical (unpaired) electrons. The topological polar surface area (TPSA) is 154 Å². The van der Waals surface area contributed by atoms with Crippen LogP contribution in [-0.4, -0.2) is 84.1 Å². The number of hydrogen-bond acceptors (Lipinski definition) is 12. The second-order valence-corrected chi connectivity index (χ2v) is 17.2. The van der Waals surface area contributed by atoms with Gasteiger partial charge in [-0.15, -0.1) is 0 Å². The first-order chi connectivity index (χ1) is 23.9. The van der Waals surface area contributed by atoms with E-state index in [9.17, 15) is 30.6 Å². The van der Waals surface area contributed by atoms with E-state index in [1.807, 2.05) is 12.1 Å². The van der Waals surface area contributed by atoms with E-state index in [0.29, 0.717) is 46.6 Å². The van der Waals surface area contributed by atoms with Crippen molar-refractivity contribution in [1.29, 1.82) is 21.0 Å². The van der Waals surface area contributed by atoms with Gasteiger partial charge in [0, 0.05) is 60.6 Å². The fraction of sp³-hybridized carbons (Fsp3) is 0.632. The first-order valence-corrected chi connectivity index (χ1v) is 19.8. The molecule has 2 heterocycles. The highest BCUT2D eigenvalue weighted by Crippen LogP contribution is 2.46. The zero-order valence-corrected chi connectivity index (χ0v) is 31.5. The Balaban J connectivity index is 1.21. The van der Waals surface area contributed by atoms with Crippen molar-refractivity contribution in [2.75, 3.05) is 62.4 Å². The molecule has 4 rings (SSSR count). The maximum absolute atomic E-state index is 13.0. The highest BCUT2D eigenvalue weighted by molar-refractivity contribution is 8.02. The van der Waals surface area contributed by atoms with E-state index in [2.05, 4.69) is 49.6 Å². The molecule has 0 bridgehead atoms. The van der Waals surface area contributed by atoms with Crippen molar-refractivity contribution in [2.45, 2.75) is 79.1 Å². The van der Waals surface area contributed by atoms with Crippen molar-refractivity contribution in [1.82, 2.24) is 9.80 Å². The first-order valence-electron chi connectivity index (χ1n) is 17.5. The molecular weight excluding hydrogens is 669 g/mol. The van der Waals surface area contributed by atoms with E-state index >= 15 is 0 Å². The number of carbonyl (C=O) groups is 2. The predicted octanol–water partition coefficient (Wildman–Crippen LogP) is 6.57. The van der Waals surface area contributed by atoms with Gasteiger partial charge in [0.1, 0.15) is 48.6 Å². The minimum Gasteiger partial charge on any atom is -0.461 e. The van der Waals surface area contributed by atoms with Crippen molar-refractivity contribution < 1.29 is 19.1 Å². The van der Waals surface area contributed by atoms with Gasteiger partial charge in [0.25, 0.3) is 0 Å². The van der Waals surface area contributed by atoms with Crippen molar-refractivity contribution in [2.24, 2.45) is 10.8 Å². The molecule has 0 aromatic rings. The summed E-state index contributed by atoms with van der Waals surface area (Å²) < 4.78 is 11.0. The van der Waals surface area contributed by atoms with Crippen LogP contribution in [0.3, 0.4) is 0 Å². The Kier molecular flexibility index (Phi) is 13.9. The number of rotatable bonds is 13. The van der Waals surface area contributed by atoms with Crippen molar-refractivity contribution >= 4 is 35.5 Å². The summed E-state index contributed by atoms with van der Waals surface area (Å²) in [6.45, 7) is 12.2. The summed E-state index contributed by atoms with van der Waals surface area (Å²) in [5.41, 5.74) is 3.26. The van der Waals surface area contributed by atoms with Gasteiger partial charge in [-0.05, 0) is 73.3 Å². The quantitative estimate of drug-likeness (QED) is 0.0877. The number of esters is 2. The Morgan fingerprint density at radius 3 is 1.30 bits per heavy atom.